The Morgan fingerprint density at radius 1 is 1.29 bits per heavy atom. The zero-order chi connectivity index (χ0) is 15.5. The lowest BCUT2D eigenvalue weighted by atomic mass is 10.2. The summed E-state index contributed by atoms with van der Waals surface area (Å²) < 4.78 is 11.0. The Kier molecular flexibility index (Phi) is 8.47. The van der Waals surface area contributed by atoms with E-state index in [1.54, 1.807) is 18.2 Å². The first-order valence-electron chi connectivity index (χ1n) is 7.34. The standard InChI is InChI=1S/C16H25NO4/c1-13(2)12-20-9-4-7-17-8-10-21-15-6-3-5-14(11-15)16(18)19/h3,5-6,11,13,17H,4,7-10,12H2,1-2H3,(H,18,19). The van der Waals surface area contributed by atoms with Crippen LogP contribution in [0.5, 0.6) is 5.75 Å². The van der Waals surface area contributed by atoms with Gasteiger partial charge in [0.2, 0.25) is 0 Å². The molecule has 1 aromatic rings. The van der Waals surface area contributed by atoms with Gasteiger partial charge in [-0.05, 0) is 37.1 Å². The molecule has 0 fully saturated rings. The number of hydrogen-bond acceptors (Lipinski definition) is 4. The van der Waals surface area contributed by atoms with E-state index in [-0.39, 0.29) is 5.56 Å². The molecule has 0 aliphatic heterocycles. The monoisotopic (exact) mass is 295 g/mol. The number of carbonyl (C=O) groups is 1. The van der Waals surface area contributed by atoms with Crippen LogP contribution in [-0.4, -0.2) is 44.0 Å². The summed E-state index contributed by atoms with van der Waals surface area (Å²) in [4.78, 5) is 10.8. The summed E-state index contributed by atoms with van der Waals surface area (Å²) in [6.07, 6.45) is 0.973. The van der Waals surface area contributed by atoms with E-state index in [4.69, 9.17) is 14.6 Å². The van der Waals surface area contributed by atoms with Crippen molar-refractivity contribution >= 4 is 5.97 Å². The fourth-order valence-corrected chi connectivity index (χ4v) is 1.70. The van der Waals surface area contributed by atoms with Crippen LogP contribution >= 0.6 is 0 Å². The summed E-state index contributed by atoms with van der Waals surface area (Å²) in [5.41, 5.74) is 0.239. The van der Waals surface area contributed by atoms with Crippen molar-refractivity contribution < 1.29 is 19.4 Å². The number of rotatable bonds is 11. The van der Waals surface area contributed by atoms with Gasteiger partial charge in [-0.1, -0.05) is 19.9 Å². The van der Waals surface area contributed by atoms with Gasteiger partial charge in [0.05, 0.1) is 5.56 Å². The van der Waals surface area contributed by atoms with Gasteiger partial charge in [0.15, 0.2) is 0 Å². The fourth-order valence-electron chi connectivity index (χ4n) is 1.70. The Bertz CT molecular complexity index is 420. The van der Waals surface area contributed by atoms with Crippen molar-refractivity contribution in [1.29, 1.82) is 0 Å². The molecular formula is C16H25NO4. The molecule has 0 radical (unpaired) electrons. The van der Waals surface area contributed by atoms with Crippen molar-refractivity contribution in [2.45, 2.75) is 20.3 Å². The number of hydrogen-bond donors (Lipinski definition) is 2. The second kappa shape index (κ2) is 10.2. The predicted octanol–water partition coefficient (Wildman–Crippen LogP) is 2.42. The minimum atomic E-state index is -0.944. The lowest BCUT2D eigenvalue weighted by molar-refractivity contribution is 0.0696. The normalized spacial score (nSPS) is 10.8. The number of aromatic carboxylic acids is 1. The Morgan fingerprint density at radius 2 is 2.10 bits per heavy atom. The maximum atomic E-state index is 10.8. The molecule has 1 aromatic carbocycles. The van der Waals surface area contributed by atoms with Gasteiger partial charge in [0, 0.05) is 19.8 Å². The first kappa shape index (κ1) is 17.5. The van der Waals surface area contributed by atoms with Gasteiger partial charge in [0.25, 0.3) is 0 Å². The molecule has 5 heteroatoms. The fraction of sp³-hybridized carbons (Fsp3) is 0.562. The Balaban J connectivity index is 2.04. The van der Waals surface area contributed by atoms with E-state index in [1.807, 2.05) is 0 Å². The molecule has 0 bridgehead atoms. The molecule has 21 heavy (non-hydrogen) atoms. The third kappa shape index (κ3) is 8.32. The molecule has 0 saturated carbocycles. The van der Waals surface area contributed by atoms with Crippen molar-refractivity contribution in [3.63, 3.8) is 0 Å². The maximum absolute atomic E-state index is 10.8. The number of ether oxygens (including phenoxy) is 2. The van der Waals surface area contributed by atoms with Gasteiger partial charge in [0.1, 0.15) is 12.4 Å². The number of carboxylic acid groups (broad SMARTS) is 1. The Hall–Kier alpha value is -1.59. The van der Waals surface area contributed by atoms with Crippen LogP contribution in [0.15, 0.2) is 24.3 Å². The summed E-state index contributed by atoms with van der Waals surface area (Å²) in [6, 6.07) is 6.51. The molecule has 0 heterocycles. The summed E-state index contributed by atoms with van der Waals surface area (Å²) in [7, 11) is 0. The minimum Gasteiger partial charge on any atom is -0.492 e. The van der Waals surface area contributed by atoms with Crippen LogP contribution in [0.25, 0.3) is 0 Å². The van der Waals surface area contributed by atoms with Crippen LogP contribution in [0.4, 0.5) is 0 Å². The van der Waals surface area contributed by atoms with Gasteiger partial charge >= 0.3 is 5.97 Å². The predicted molar refractivity (Wildman–Crippen MR) is 82.0 cm³/mol. The van der Waals surface area contributed by atoms with Gasteiger partial charge in [-0.2, -0.15) is 0 Å². The SMILES string of the molecule is CC(C)COCCCNCCOc1cccc(C(=O)O)c1. The average molecular weight is 295 g/mol. The molecule has 0 amide bonds. The summed E-state index contributed by atoms with van der Waals surface area (Å²) >= 11 is 0. The number of benzene rings is 1. The molecule has 0 aliphatic rings. The van der Waals surface area contributed by atoms with Crippen molar-refractivity contribution in [1.82, 2.24) is 5.32 Å². The van der Waals surface area contributed by atoms with Crippen molar-refractivity contribution in [3.8, 4) is 5.75 Å². The molecule has 1 rings (SSSR count). The zero-order valence-electron chi connectivity index (χ0n) is 12.8. The Morgan fingerprint density at radius 3 is 2.81 bits per heavy atom. The van der Waals surface area contributed by atoms with E-state index in [9.17, 15) is 4.79 Å². The molecule has 0 aliphatic carbocycles. The molecule has 0 unspecified atom stereocenters. The first-order chi connectivity index (χ1) is 10.1. The first-order valence-corrected chi connectivity index (χ1v) is 7.34. The second-order valence-electron chi connectivity index (χ2n) is 5.25. The van der Waals surface area contributed by atoms with Crippen LogP contribution in [0.3, 0.4) is 0 Å². The topological polar surface area (TPSA) is 67.8 Å². The van der Waals surface area contributed by atoms with E-state index in [2.05, 4.69) is 19.2 Å². The third-order valence-corrected chi connectivity index (χ3v) is 2.72. The highest BCUT2D eigenvalue weighted by Crippen LogP contribution is 2.12. The zero-order valence-corrected chi connectivity index (χ0v) is 12.8. The van der Waals surface area contributed by atoms with Crippen molar-refractivity contribution in [2.24, 2.45) is 5.92 Å². The van der Waals surface area contributed by atoms with E-state index >= 15 is 0 Å². The minimum absolute atomic E-state index is 0.239. The Labute approximate surface area is 126 Å². The van der Waals surface area contributed by atoms with E-state index in [0.717, 1.165) is 32.7 Å². The molecule has 5 nitrogen and oxygen atoms in total. The average Bonchev–Trinajstić information content (AvgIpc) is 2.45. The molecule has 118 valence electrons. The second-order valence-corrected chi connectivity index (χ2v) is 5.25. The van der Waals surface area contributed by atoms with E-state index < -0.39 is 5.97 Å². The molecule has 0 spiro atoms. The molecule has 2 N–H and O–H groups in total. The van der Waals surface area contributed by atoms with Crippen molar-refractivity contribution in [2.75, 3.05) is 32.9 Å². The van der Waals surface area contributed by atoms with Crippen LogP contribution in [0.1, 0.15) is 30.6 Å². The van der Waals surface area contributed by atoms with Crippen LogP contribution in [0.2, 0.25) is 0 Å². The van der Waals surface area contributed by atoms with Gasteiger partial charge in [-0.15, -0.1) is 0 Å². The number of nitrogens with one attached hydrogen (secondary N) is 1. The number of carboxylic acids is 1. The highest BCUT2D eigenvalue weighted by molar-refractivity contribution is 5.87. The van der Waals surface area contributed by atoms with Crippen LogP contribution in [-0.2, 0) is 4.74 Å². The van der Waals surface area contributed by atoms with Gasteiger partial charge in [-0.3, -0.25) is 0 Å². The van der Waals surface area contributed by atoms with Crippen molar-refractivity contribution in [3.05, 3.63) is 29.8 Å². The van der Waals surface area contributed by atoms with E-state index in [1.165, 1.54) is 6.07 Å². The third-order valence-electron chi connectivity index (χ3n) is 2.72. The maximum Gasteiger partial charge on any atom is 0.335 e. The lowest BCUT2D eigenvalue weighted by Crippen LogP contribution is -2.23. The molecular weight excluding hydrogens is 270 g/mol. The smallest absolute Gasteiger partial charge is 0.335 e. The summed E-state index contributed by atoms with van der Waals surface area (Å²) in [5.74, 6) is 0.213. The highest BCUT2D eigenvalue weighted by atomic mass is 16.5. The molecule has 0 atom stereocenters. The van der Waals surface area contributed by atoms with E-state index in [0.29, 0.717) is 18.3 Å². The molecule has 0 saturated heterocycles. The van der Waals surface area contributed by atoms with Crippen LogP contribution in [0, 0.1) is 5.92 Å². The molecule has 0 aromatic heterocycles. The lowest BCUT2D eigenvalue weighted by Gasteiger charge is -2.09. The summed E-state index contributed by atoms with van der Waals surface area (Å²) in [5, 5.41) is 12.1. The largest absolute Gasteiger partial charge is 0.492 e. The van der Waals surface area contributed by atoms with Gasteiger partial charge in [-0.25, -0.2) is 4.79 Å². The highest BCUT2D eigenvalue weighted by Gasteiger charge is 2.03. The van der Waals surface area contributed by atoms with Crippen LogP contribution < -0.4 is 10.1 Å². The van der Waals surface area contributed by atoms with Gasteiger partial charge < -0.3 is 19.9 Å². The summed E-state index contributed by atoms with van der Waals surface area (Å²) in [6.45, 7) is 7.97. The quantitative estimate of drug-likeness (QED) is 0.614.